The van der Waals surface area contributed by atoms with Crippen molar-refractivity contribution in [2.75, 3.05) is 11.2 Å². The average molecular weight is 309 g/mol. The minimum absolute atomic E-state index is 0.0702. The largest absolute Gasteiger partial charge is 0.302 e. The molecule has 0 aliphatic heterocycles. The van der Waals surface area contributed by atoms with Crippen LogP contribution in [0.1, 0.15) is 6.92 Å². The van der Waals surface area contributed by atoms with Gasteiger partial charge in [0.2, 0.25) is 5.91 Å². The molecule has 0 aliphatic rings. The van der Waals surface area contributed by atoms with Crippen molar-refractivity contribution >= 4 is 44.2 Å². The van der Waals surface area contributed by atoms with Gasteiger partial charge in [0, 0.05) is 11.8 Å². The van der Waals surface area contributed by atoms with E-state index < -0.39 is 29.3 Å². The van der Waals surface area contributed by atoms with Crippen LogP contribution in [0.25, 0.3) is 10.2 Å². The van der Waals surface area contributed by atoms with Crippen molar-refractivity contribution < 1.29 is 18.0 Å². The number of fused-ring (bicyclic) bond motifs is 1. The van der Waals surface area contributed by atoms with E-state index in [0.29, 0.717) is 0 Å². The number of aromatic nitrogens is 1. The van der Waals surface area contributed by atoms with Gasteiger partial charge < -0.3 is 5.32 Å². The first-order chi connectivity index (χ1) is 8.93. The first-order valence-corrected chi connectivity index (χ1v) is 6.60. The number of hydrogen-bond acceptors (Lipinski definition) is 3. The van der Waals surface area contributed by atoms with Crippen molar-refractivity contribution in [2.45, 2.75) is 6.92 Å². The Labute approximate surface area is 115 Å². The summed E-state index contributed by atoms with van der Waals surface area (Å²) in [6.45, 7) is 1.61. The maximum absolute atomic E-state index is 13.4. The Morgan fingerprint density at radius 1 is 1.47 bits per heavy atom. The third kappa shape index (κ3) is 2.66. The lowest BCUT2D eigenvalue weighted by atomic mass is 10.2. The van der Waals surface area contributed by atoms with Crippen LogP contribution in [0.5, 0.6) is 0 Å². The van der Waals surface area contributed by atoms with Crippen LogP contribution in [0.15, 0.2) is 6.07 Å². The van der Waals surface area contributed by atoms with Crippen LogP contribution in [0.4, 0.5) is 18.3 Å². The van der Waals surface area contributed by atoms with E-state index in [0.717, 1.165) is 17.4 Å². The fourth-order valence-electron chi connectivity index (χ4n) is 1.33. The maximum atomic E-state index is 13.4. The molecule has 1 amide bonds. The number of rotatable bonds is 3. The van der Waals surface area contributed by atoms with Gasteiger partial charge in [0.1, 0.15) is 5.52 Å². The van der Waals surface area contributed by atoms with Crippen LogP contribution in [0.2, 0.25) is 0 Å². The van der Waals surface area contributed by atoms with Crippen LogP contribution in [-0.4, -0.2) is 16.8 Å². The SMILES string of the molecule is CC(CCl)C(=O)Nc1nc2c(F)c(F)c(F)cc2s1. The average Bonchev–Trinajstić information content (AvgIpc) is 2.77. The topological polar surface area (TPSA) is 42.0 Å². The zero-order valence-electron chi connectivity index (χ0n) is 9.64. The number of nitrogens with one attached hydrogen (secondary N) is 1. The Hall–Kier alpha value is -1.34. The van der Waals surface area contributed by atoms with Crippen molar-refractivity contribution in [1.82, 2.24) is 4.98 Å². The molecular formula is C11H8ClF3N2OS. The summed E-state index contributed by atoms with van der Waals surface area (Å²) in [7, 11) is 0. The summed E-state index contributed by atoms with van der Waals surface area (Å²) in [4.78, 5) is 15.3. The zero-order chi connectivity index (χ0) is 14.2. The Balaban J connectivity index is 2.37. The molecule has 0 aliphatic carbocycles. The smallest absolute Gasteiger partial charge is 0.230 e. The molecular weight excluding hydrogens is 301 g/mol. The molecule has 8 heteroatoms. The third-order valence-corrected chi connectivity index (χ3v) is 3.81. The molecule has 0 fully saturated rings. The zero-order valence-corrected chi connectivity index (χ0v) is 11.2. The van der Waals surface area contributed by atoms with Crippen LogP contribution >= 0.6 is 22.9 Å². The molecule has 1 heterocycles. The quantitative estimate of drug-likeness (QED) is 0.696. The summed E-state index contributed by atoms with van der Waals surface area (Å²) in [5.74, 6) is -4.96. The molecule has 1 aromatic heterocycles. The molecule has 2 aromatic rings. The lowest BCUT2D eigenvalue weighted by Gasteiger charge is -2.05. The van der Waals surface area contributed by atoms with Crippen molar-refractivity contribution in [1.29, 1.82) is 0 Å². The van der Waals surface area contributed by atoms with Crippen molar-refractivity contribution in [3.63, 3.8) is 0 Å². The molecule has 2 rings (SSSR count). The van der Waals surface area contributed by atoms with E-state index in [1.54, 1.807) is 6.92 Å². The van der Waals surface area contributed by atoms with E-state index in [4.69, 9.17) is 11.6 Å². The third-order valence-electron chi connectivity index (χ3n) is 2.43. The number of halogens is 4. The number of hydrogen-bond donors (Lipinski definition) is 1. The Bertz CT molecular complexity index is 646. The molecule has 3 nitrogen and oxygen atoms in total. The van der Waals surface area contributed by atoms with E-state index in [1.807, 2.05) is 0 Å². The highest BCUT2D eigenvalue weighted by molar-refractivity contribution is 7.22. The van der Waals surface area contributed by atoms with E-state index in [2.05, 4.69) is 10.3 Å². The number of amides is 1. The van der Waals surface area contributed by atoms with Crippen LogP contribution in [0.3, 0.4) is 0 Å². The highest BCUT2D eigenvalue weighted by Crippen LogP contribution is 2.30. The number of anilines is 1. The Kier molecular flexibility index (Phi) is 3.96. The summed E-state index contributed by atoms with van der Waals surface area (Å²) in [5.41, 5.74) is -0.308. The monoisotopic (exact) mass is 308 g/mol. The summed E-state index contributed by atoms with van der Waals surface area (Å²) >= 11 is 6.38. The van der Waals surface area contributed by atoms with Gasteiger partial charge >= 0.3 is 0 Å². The molecule has 0 radical (unpaired) electrons. The standard InChI is InChI=1S/C11H8ClF3N2OS/c1-4(3-12)10(18)17-11-16-9-6(19-11)2-5(13)7(14)8(9)15/h2,4H,3H2,1H3,(H,16,17,18). The summed E-state index contributed by atoms with van der Waals surface area (Å²) in [5, 5.41) is 2.49. The second-order valence-corrected chi connectivity index (χ2v) is 5.24. The van der Waals surface area contributed by atoms with E-state index in [-0.39, 0.29) is 21.2 Å². The maximum Gasteiger partial charge on any atom is 0.230 e. The fraction of sp³-hybridized carbons (Fsp3) is 0.273. The molecule has 1 atom stereocenters. The van der Waals surface area contributed by atoms with Gasteiger partial charge in [0.15, 0.2) is 22.6 Å². The summed E-state index contributed by atoms with van der Waals surface area (Å²) in [6.07, 6.45) is 0. The predicted molar refractivity (Wildman–Crippen MR) is 68.0 cm³/mol. The van der Waals surface area contributed by atoms with Gasteiger partial charge in [-0.1, -0.05) is 18.3 Å². The van der Waals surface area contributed by atoms with Gasteiger partial charge in [0.25, 0.3) is 0 Å². The first kappa shape index (κ1) is 14.1. The number of carbonyl (C=O) groups excluding carboxylic acids is 1. The predicted octanol–water partition coefficient (Wildman–Crippen LogP) is 3.53. The highest BCUT2D eigenvalue weighted by Gasteiger charge is 2.19. The van der Waals surface area contributed by atoms with Gasteiger partial charge in [-0.25, -0.2) is 18.2 Å². The van der Waals surface area contributed by atoms with Crippen LogP contribution in [-0.2, 0) is 4.79 Å². The second kappa shape index (κ2) is 5.34. The number of nitrogens with zero attached hydrogens (tertiary/aromatic N) is 1. The molecule has 0 saturated heterocycles. The van der Waals surface area contributed by atoms with Gasteiger partial charge in [-0.3, -0.25) is 4.79 Å². The van der Waals surface area contributed by atoms with Crippen LogP contribution in [0, 0.1) is 23.4 Å². The number of thiazole rings is 1. The summed E-state index contributed by atoms with van der Waals surface area (Å²) in [6, 6.07) is 0.839. The fourth-order valence-corrected chi connectivity index (χ4v) is 2.36. The Morgan fingerprint density at radius 2 is 2.16 bits per heavy atom. The lowest BCUT2D eigenvalue weighted by molar-refractivity contribution is -0.118. The highest BCUT2D eigenvalue weighted by atomic mass is 35.5. The Morgan fingerprint density at radius 3 is 2.79 bits per heavy atom. The minimum atomic E-state index is -1.58. The molecule has 0 bridgehead atoms. The second-order valence-electron chi connectivity index (χ2n) is 3.90. The molecule has 0 saturated carbocycles. The van der Waals surface area contributed by atoms with E-state index >= 15 is 0 Å². The van der Waals surface area contributed by atoms with Crippen molar-refractivity contribution in [2.24, 2.45) is 5.92 Å². The first-order valence-electron chi connectivity index (χ1n) is 5.25. The minimum Gasteiger partial charge on any atom is -0.302 e. The van der Waals surface area contributed by atoms with Crippen molar-refractivity contribution in [3.05, 3.63) is 23.5 Å². The number of benzene rings is 1. The normalized spacial score (nSPS) is 12.7. The molecule has 19 heavy (non-hydrogen) atoms. The lowest BCUT2D eigenvalue weighted by Crippen LogP contribution is -2.21. The van der Waals surface area contributed by atoms with Gasteiger partial charge in [-0.15, -0.1) is 11.6 Å². The van der Waals surface area contributed by atoms with Crippen LogP contribution < -0.4 is 5.32 Å². The molecule has 1 aromatic carbocycles. The van der Waals surface area contributed by atoms with Gasteiger partial charge in [-0.05, 0) is 6.07 Å². The van der Waals surface area contributed by atoms with E-state index in [1.165, 1.54) is 0 Å². The molecule has 1 N–H and O–H groups in total. The van der Waals surface area contributed by atoms with Crippen molar-refractivity contribution in [3.8, 4) is 0 Å². The number of carbonyl (C=O) groups is 1. The molecule has 0 spiro atoms. The summed E-state index contributed by atoms with van der Waals surface area (Å²) < 4.78 is 39.6. The van der Waals surface area contributed by atoms with E-state index in [9.17, 15) is 18.0 Å². The molecule has 1 unspecified atom stereocenters. The molecule has 102 valence electrons. The number of alkyl halides is 1. The van der Waals surface area contributed by atoms with Gasteiger partial charge in [-0.2, -0.15) is 0 Å². The van der Waals surface area contributed by atoms with Gasteiger partial charge in [0.05, 0.1) is 4.70 Å².